The van der Waals surface area contributed by atoms with Crippen LogP contribution in [0.5, 0.6) is 5.75 Å². The van der Waals surface area contributed by atoms with Crippen LogP contribution in [0.3, 0.4) is 0 Å². The summed E-state index contributed by atoms with van der Waals surface area (Å²) in [6.07, 6.45) is -2.79. The van der Waals surface area contributed by atoms with E-state index in [0.29, 0.717) is 39.0 Å². The number of likely N-dealkylation sites (tertiary alicyclic amines) is 1. The number of carbonyl (C=O) groups excluding carboxylic acids is 2. The van der Waals surface area contributed by atoms with E-state index in [9.17, 15) is 22.8 Å². The number of primary amides is 1. The van der Waals surface area contributed by atoms with Gasteiger partial charge in [0.15, 0.2) is 0 Å². The second-order valence-corrected chi connectivity index (χ2v) is 6.47. The summed E-state index contributed by atoms with van der Waals surface area (Å²) in [5, 5.41) is 2.76. The third kappa shape index (κ3) is 5.77. The Hall–Kier alpha value is -2.45. The number of amides is 2. The first-order valence-electron chi connectivity index (χ1n) is 8.87. The normalized spacial score (nSPS) is 15.5. The van der Waals surface area contributed by atoms with E-state index in [2.05, 4.69) is 5.32 Å². The number of benzene rings is 1. The molecule has 1 aromatic rings. The third-order valence-electron chi connectivity index (χ3n) is 4.45. The lowest BCUT2D eigenvalue weighted by Crippen LogP contribution is -2.43. The Labute approximate surface area is 155 Å². The molecule has 6 nitrogen and oxygen atoms in total. The fraction of sp³-hybridized carbons (Fsp3) is 0.556. The van der Waals surface area contributed by atoms with E-state index >= 15 is 0 Å². The SMILES string of the molecule is CCCOc1ccc(C(F)(F)F)cc1NCC(=O)N1CCC(C(N)=O)CC1. The molecule has 1 aliphatic rings. The first kappa shape index (κ1) is 20.9. The highest BCUT2D eigenvalue weighted by Gasteiger charge is 2.31. The number of halogens is 3. The van der Waals surface area contributed by atoms with Gasteiger partial charge in [-0.15, -0.1) is 0 Å². The average molecular weight is 387 g/mol. The molecular weight excluding hydrogens is 363 g/mol. The molecule has 1 aromatic carbocycles. The van der Waals surface area contributed by atoms with Crippen LogP contribution in [-0.2, 0) is 15.8 Å². The summed E-state index contributed by atoms with van der Waals surface area (Å²) in [4.78, 5) is 25.1. The quantitative estimate of drug-likeness (QED) is 0.753. The fourth-order valence-electron chi connectivity index (χ4n) is 2.88. The number of hydrogen-bond donors (Lipinski definition) is 2. The van der Waals surface area contributed by atoms with Gasteiger partial charge in [0.2, 0.25) is 11.8 Å². The van der Waals surface area contributed by atoms with Gasteiger partial charge < -0.3 is 20.7 Å². The molecule has 0 spiro atoms. The molecule has 1 saturated heterocycles. The second kappa shape index (κ2) is 8.96. The molecule has 2 rings (SSSR count). The van der Waals surface area contributed by atoms with Gasteiger partial charge in [0.05, 0.1) is 24.4 Å². The minimum atomic E-state index is -4.49. The molecule has 27 heavy (non-hydrogen) atoms. The zero-order chi connectivity index (χ0) is 20.0. The number of nitrogens with two attached hydrogens (primary N) is 1. The molecule has 0 radical (unpaired) electrons. The molecular formula is C18H24F3N3O3. The Morgan fingerprint density at radius 2 is 1.96 bits per heavy atom. The first-order valence-corrected chi connectivity index (χ1v) is 8.87. The van der Waals surface area contributed by atoms with Gasteiger partial charge >= 0.3 is 6.18 Å². The Bertz CT molecular complexity index is 672. The first-order chi connectivity index (χ1) is 12.7. The Balaban J connectivity index is 2.02. The topological polar surface area (TPSA) is 84.7 Å². The van der Waals surface area contributed by atoms with Gasteiger partial charge in [0, 0.05) is 19.0 Å². The van der Waals surface area contributed by atoms with Crippen molar-refractivity contribution in [2.75, 3.05) is 31.6 Å². The van der Waals surface area contributed by atoms with Crippen molar-refractivity contribution in [2.45, 2.75) is 32.4 Å². The van der Waals surface area contributed by atoms with E-state index < -0.39 is 11.7 Å². The lowest BCUT2D eigenvalue weighted by molar-refractivity contribution is -0.137. The molecule has 0 unspecified atom stereocenters. The van der Waals surface area contributed by atoms with E-state index in [1.54, 1.807) is 4.90 Å². The highest BCUT2D eigenvalue weighted by molar-refractivity contribution is 5.82. The van der Waals surface area contributed by atoms with Crippen molar-refractivity contribution >= 4 is 17.5 Å². The summed E-state index contributed by atoms with van der Waals surface area (Å²) in [6.45, 7) is 2.88. The zero-order valence-corrected chi connectivity index (χ0v) is 15.1. The van der Waals surface area contributed by atoms with E-state index in [1.807, 2.05) is 6.92 Å². The molecule has 0 saturated carbocycles. The van der Waals surface area contributed by atoms with Crippen molar-refractivity contribution in [2.24, 2.45) is 11.7 Å². The smallest absolute Gasteiger partial charge is 0.416 e. The van der Waals surface area contributed by atoms with E-state index in [-0.39, 0.29) is 35.7 Å². The number of piperidine rings is 1. The van der Waals surface area contributed by atoms with Crippen LogP contribution in [-0.4, -0.2) is 43.0 Å². The van der Waals surface area contributed by atoms with Crippen LogP contribution in [0.1, 0.15) is 31.7 Å². The fourth-order valence-corrected chi connectivity index (χ4v) is 2.88. The molecule has 2 amide bonds. The lowest BCUT2D eigenvalue weighted by atomic mass is 9.96. The van der Waals surface area contributed by atoms with E-state index in [0.717, 1.165) is 12.1 Å². The van der Waals surface area contributed by atoms with Crippen LogP contribution in [0, 0.1) is 5.92 Å². The molecule has 9 heteroatoms. The Morgan fingerprint density at radius 1 is 1.30 bits per heavy atom. The molecule has 150 valence electrons. The number of nitrogens with zero attached hydrogens (tertiary/aromatic N) is 1. The van der Waals surface area contributed by atoms with Crippen LogP contribution in [0.25, 0.3) is 0 Å². The van der Waals surface area contributed by atoms with Crippen LogP contribution < -0.4 is 15.8 Å². The largest absolute Gasteiger partial charge is 0.491 e. The van der Waals surface area contributed by atoms with E-state index in [4.69, 9.17) is 10.5 Å². The van der Waals surface area contributed by atoms with Crippen molar-refractivity contribution < 1.29 is 27.5 Å². The van der Waals surface area contributed by atoms with Gasteiger partial charge in [-0.25, -0.2) is 0 Å². The molecule has 0 aliphatic carbocycles. The number of ether oxygens (including phenoxy) is 1. The number of carbonyl (C=O) groups is 2. The van der Waals surface area contributed by atoms with Crippen molar-refractivity contribution in [3.63, 3.8) is 0 Å². The van der Waals surface area contributed by atoms with Gasteiger partial charge in [-0.1, -0.05) is 6.92 Å². The maximum Gasteiger partial charge on any atom is 0.416 e. The van der Waals surface area contributed by atoms with Crippen molar-refractivity contribution in [1.29, 1.82) is 0 Å². The maximum atomic E-state index is 13.0. The standard InChI is InChI=1S/C18H24F3N3O3/c1-2-9-27-15-4-3-13(18(19,20)21)10-14(15)23-11-16(25)24-7-5-12(6-8-24)17(22)26/h3-4,10,12,23H,2,5-9,11H2,1H3,(H2,22,26). The summed E-state index contributed by atoms with van der Waals surface area (Å²) in [5.41, 5.74) is 4.58. The second-order valence-electron chi connectivity index (χ2n) is 6.47. The van der Waals surface area contributed by atoms with Crippen molar-refractivity contribution in [3.8, 4) is 5.75 Å². The summed E-state index contributed by atoms with van der Waals surface area (Å²) in [6, 6.07) is 3.15. The molecule has 0 bridgehead atoms. The molecule has 3 N–H and O–H groups in total. The summed E-state index contributed by atoms with van der Waals surface area (Å²) in [5.74, 6) is -0.594. The lowest BCUT2D eigenvalue weighted by Gasteiger charge is -2.30. The van der Waals surface area contributed by atoms with Gasteiger partial charge in [-0.2, -0.15) is 13.2 Å². The van der Waals surface area contributed by atoms with Gasteiger partial charge in [0.25, 0.3) is 0 Å². The number of hydrogen-bond acceptors (Lipinski definition) is 4. The maximum absolute atomic E-state index is 13.0. The van der Waals surface area contributed by atoms with Crippen LogP contribution >= 0.6 is 0 Å². The van der Waals surface area contributed by atoms with Crippen LogP contribution in [0.4, 0.5) is 18.9 Å². The third-order valence-corrected chi connectivity index (χ3v) is 4.45. The number of rotatable bonds is 7. The number of alkyl halides is 3. The zero-order valence-electron chi connectivity index (χ0n) is 15.1. The molecule has 1 heterocycles. The predicted molar refractivity (Wildman–Crippen MR) is 94.2 cm³/mol. The minimum Gasteiger partial charge on any atom is -0.491 e. The summed E-state index contributed by atoms with van der Waals surface area (Å²) < 4.78 is 44.4. The molecule has 1 aliphatic heterocycles. The minimum absolute atomic E-state index is 0.124. The predicted octanol–water partition coefficient (Wildman–Crippen LogP) is 2.63. The average Bonchev–Trinajstić information content (AvgIpc) is 2.64. The summed E-state index contributed by atoms with van der Waals surface area (Å²) in [7, 11) is 0. The van der Waals surface area contributed by atoms with Gasteiger partial charge in [0.1, 0.15) is 5.75 Å². The highest BCUT2D eigenvalue weighted by Crippen LogP contribution is 2.35. The van der Waals surface area contributed by atoms with Crippen molar-refractivity contribution in [1.82, 2.24) is 4.90 Å². The number of anilines is 1. The van der Waals surface area contributed by atoms with Gasteiger partial charge in [-0.3, -0.25) is 9.59 Å². The van der Waals surface area contributed by atoms with Gasteiger partial charge in [-0.05, 0) is 37.5 Å². The molecule has 0 aromatic heterocycles. The molecule has 1 fully saturated rings. The Morgan fingerprint density at radius 3 is 2.52 bits per heavy atom. The Kier molecular flexibility index (Phi) is 6.92. The highest BCUT2D eigenvalue weighted by atomic mass is 19.4. The number of nitrogens with one attached hydrogen (secondary N) is 1. The van der Waals surface area contributed by atoms with Crippen molar-refractivity contribution in [3.05, 3.63) is 23.8 Å². The van der Waals surface area contributed by atoms with Crippen LogP contribution in [0.2, 0.25) is 0 Å². The van der Waals surface area contributed by atoms with E-state index in [1.165, 1.54) is 6.07 Å². The molecule has 0 atom stereocenters. The summed E-state index contributed by atoms with van der Waals surface area (Å²) >= 11 is 0. The van der Waals surface area contributed by atoms with Crippen LogP contribution in [0.15, 0.2) is 18.2 Å². The monoisotopic (exact) mass is 387 g/mol.